The number of hydrogen-bond acceptors (Lipinski definition) is 3. The van der Waals surface area contributed by atoms with Crippen LogP contribution in [-0.2, 0) is 15.6 Å². The second-order valence-corrected chi connectivity index (χ2v) is 7.56. The van der Waals surface area contributed by atoms with Gasteiger partial charge in [0.15, 0.2) is 0 Å². The van der Waals surface area contributed by atoms with Gasteiger partial charge in [-0.1, -0.05) is 11.6 Å². The van der Waals surface area contributed by atoms with Crippen LogP contribution in [-0.4, -0.2) is 22.1 Å². The first-order valence-corrected chi connectivity index (χ1v) is 9.58. The van der Waals surface area contributed by atoms with E-state index < -0.39 is 10.8 Å². The van der Waals surface area contributed by atoms with E-state index in [9.17, 15) is 9.00 Å². The van der Waals surface area contributed by atoms with Gasteiger partial charge in [-0.15, -0.1) is 11.8 Å². The summed E-state index contributed by atoms with van der Waals surface area (Å²) in [7, 11) is -1.00. The van der Waals surface area contributed by atoms with Crippen molar-refractivity contribution >= 4 is 45.8 Å². The van der Waals surface area contributed by atoms with Gasteiger partial charge in [0.1, 0.15) is 0 Å². The van der Waals surface area contributed by atoms with E-state index in [2.05, 4.69) is 5.32 Å². The molecule has 0 fully saturated rings. The third-order valence-electron chi connectivity index (χ3n) is 2.88. The van der Waals surface area contributed by atoms with E-state index in [0.717, 1.165) is 15.5 Å². The number of thioether (sulfide) groups is 1. The fourth-order valence-corrected chi connectivity index (χ4v) is 3.24. The van der Waals surface area contributed by atoms with E-state index in [0.29, 0.717) is 17.2 Å². The Hall–Kier alpha value is -1.30. The lowest BCUT2D eigenvalue weighted by atomic mass is 10.3. The lowest BCUT2D eigenvalue weighted by molar-refractivity contribution is -0.115. The summed E-state index contributed by atoms with van der Waals surface area (Å²) in [6, 6.07) is 14.6. The first kappa shape index (κ1) is 17.1. The number of hydrogen-bond donors (Lipinski definition) is 1. The quantitative estimate of drug-likeness (QED) is 0.792. The average Bonchev–Trinajstić information content (AvgIpc) is 2.50. The molecular weight excluding hydrogens is 338 g/mol. The summed E-state index contributed by atoms with van der Waals surface area (Å²) in [5.41, 5.74) is 0.718. The molecule has 1 amide bonds. The molecule has 0 aromatic heterocycles. The van der Waals surface area contributed by atoms with Gasteiger partial charge >= 0.3 is 0 Å². The van der Waals surface area contributed by atoms with Crippen molar-refractivity contribution in [2.24, 2.45) is 0 Å². The molecule has 116 valence electrons. The summed E-state index contributed by atoms with van der Waals surface area (Å²) in [5, 5.41) is 3.54. The number of carbonyl (C=O) groups is 1. The van der Waals surface area contributed by atoms with Gasteiger partial charge in [-0.3, -0.25) is 9.00 Å². The highest BCUT2D eigenvalue weighted by Gasteiger charge is 2.04. The van der Waals surface area contributed by atoms with Crippen molar-refractivity contribution in [3.8, 4) is 0 Å². The molecule has 0 radical (unpaired) electrons. The first-order chi connectivity index (χ1) is 10.5. The molecule has 0 heterocycles. The molecule has 0 spiro atoms. The van der Waals surface area contributed by atoms with Gasteiger partial charge in [0.2, 0.25) is 5.91 Å². The first-order valence-electron chi connectivity index (χ1n) is 6.66. The fraction of sp³-hybridized carbons (Fsp3) is 0.188. The third kappa shape index (κ3) is 5.48. The Morgan fingerprint density at radius 3 is 2.36 bits per heavy atom. The SMILES string of the molecule is CS(=O)c1ccc(NC(=O)CCSc2ccc(Cl)cc2)cc1. The summed E-state index contributed by atoms with van der Waals surface area (Å²) >= 11 is 7.44. The van der Waals surface area contributed by atoms with Gasteiger partial charge < -0.3 is 5.32 Å². The zero-order chi connectivity index (χ0) is 15.9. The average molecular weight is 354 g/mol. The number of amides is 1. The number of benzene rings is 2. The molecule has 2 rings (SSSR count). The Bertz CT molecular complexity index is 657. The van der Waals surface area contributed by atoms with E-state index in [1.165, 1.54) is 0 Å². The molecule has 1 N–H and O–H groups in total. The highest BCUT2D eigenvalue weighted by atomic mass is 35.5. The van der Waals surface area contributed by atoms with Crippen molar-refractivity contribution in [1.82, 2.24) is 0 Å². The molecule has 22 heavy (non-hydrogen) atoms. The Balaban J connectivity index is 1.77. The Labute approximate surface area is 141 Å². The van der Waals surface area contributed by atoms with Gasteiger partial charge in [-0.25, -0.2) is 0 Å². The number of rotatable bonds is 6. The maximum absolute atomic E-state index is 11.9. The van der Waals surface area contributed by atoms with Crippen LogP contribution in [0.25, 0.3) is 0 Å². The van der Waals surface area contributed by atoms with Crippen molar-refractivity contribution in [3.63, 3.8) is 0 Å². The van der Waals surface area contributed by atoms with Crippen LogP contribution in [0.1, 0.15) is 6.42 Å². The van der Waals surface area contributed by atoms with Gasteiger partial charge in [0.05, 0.1) is 0 Å². The minimum Gasteiger partial charge on any atom is -0.326 e. The Morgan fingerprint density at radius 2 is 1.77 bits per heavy atom. The standard InChI is InChI=1S/C16H16ClNO2S2/c1-22(20)15-8-4-13(5-9-15)18-16(19)10-11-21-14-6-2-12(17)3-7-14/h2-9H,10-11H2,1H3,(H,18,19). The van der Waals surface area contributed by atoms with Gasteiger partial charge in [0, 0.05) is 49.7 Å². The van der Waals surface area contributed by atoms with Crippen LogP contribution in [0, 0.1) is 0 Å². The smallest absolute Gasteiger partial charge is 0.225 e. The lowest BCUT2D eigenvalue weighted by Gasteiger charge is -2.06. The second kappa shape index (κ2) is 8.36. The highest BCUT2D eigenvalue weighted by Crippen LogP contribution is 2.21. The monoisotopic (exact) mass is 353 g/mol. The zero-order valence-corrected chi connectivity index (χ0v) is 14.4. The molecule has 0 aliphatic carbocycles. The van der Waals surface area contributed by atoms with E-state index in [4.69, 9.17) is 11.6 Å². The van der Waals surface area contributed by atoms with Crippen LogP contribution in [0.15, 0.2) is 58.3 Å². The predicted molar refractivity (Wildman–Crippen MR) is 94.2 cm³/mol. The molecular formula is C16H16ClNO2S2. The Kier molecular flexibility index (Phi) is 6.49. The van der Waals surface area contributed by atoms with Crippen molar-refractivity contribution in [2.45, 2.75) is 16.2 Å². The maximum atomic E-state index is 11.9. The topological polar surface area (TPSA) is 46.2 Å². The van der Waals surface area contributed by atoms with Crippen LogP contribution in [0.5, 0.6) is 0 Å². The van der Waals surface area contributed by atoms with Gasteiger partial charge in [-0.2, -0.15) is 0 Å². The maximum Gasteiger partial charge on any atom is 0.225 e. The summed E-state index contributed by atoms with van der Waals surface area (Å²) in [5.74, 6) is 0.664. The highest BCUT2D eigenvalue weighted by molar-refractivity contribution is 7.99. The van der Waals surface area contributed by atoms with E-state index in [-0.39, 0.29) is 5.91 Å². The molecule has 0 aliphatic heterocycles. The number of nitrogens with one attached hydrogen (secondary N) is 1. The molecule has 2 aromatic rings. The van der Waals surface area contributed by atoms with E-state index in [1.54, 1.807) is 42.3 Å². The molecule has 0 bridgehead atoms. The summed E-state index contributed by atoms with van der Waals surface area (Å²) in [6.45, 7) is 0. The molecule has 3 nitrogen and oxygen atoms in total. The van der Waals surface area contributed by atoms with E-state index in [1.807, 2.05) is 24.3 Å². The van der Waals surface area contributed by atoms with Crippen LogP contribution in [0.4, 0.5) is 5.69 Å². The van der Waals surface area contributed by atoms with Crippen LogP contribution in [0.2, 0.25) is 5.02 Å². The second-order valence-electron chi connectivity index (χ2n) is 4.58. The number of anilines is 1. The van der Waals surface area contributed by atoms with Crippen molar-refractivity contribution < 1.29 is 9.00 Å². The zero-order valence-electron chi connectivity index (χ0n) is 12.0. The predicted octanol–water partition coefficient (Wildman–Crippen LogP) is 4.20. The van der Waals surface area contributed by atoms with Crippen molar-refractivity contribution in [3.05, 3.63) is 53.6 Å². The number of carbonyl (C=O) groups excluding carboxylic acids is 1. The molecule has 1 atom stereocenters. The fourth-order valence-electron chi connectivity index (χ4n) is 1.75. The van der Waals surface area contributed by atoms with E-state index >= 15 is 0 Å². The Morgan fingerprint density at radius 1 is 1.14 bits per heavy atom. The minimum atomic E-state index is -1.00. The third-order valence-corrected chi connectivity index (χ3v) is 5.08. The van der Waals surface area contributed by atoms with Gasteiger partial charge in [0.25, 0.3) is 0 Å². The molecule has 0 saturated carbocycles. The van der Waals surface area contributed by atoms with Crippen LogP contribution in [0.3, 0.4) is 0 Å². The lowest BCUT2D eigenvalue weighted by Crippen LogP contribution is -2.12. The molecule has 0 saturated heterocycles. The summed E-state index contributed by atoms with van der Waals surface area (Å²) < 4.78 is 11.3. The van der Waals surface area contributed by atoms with Crippen molar-refractivity contribution in [1.29, 1.82) is 0 Å². The molecule has 0 aliphatic rings. The normalized spacial score (nSPS) is 11.9. The molecule has 6 heteroatoms. The largest absolute Gasteiger partial charge is 0.326 e. The summed E-state index contributed by atoms with van der Waals surface area (Å²) in [4.78, 5) is 13.7. The van der Waals surface area contributed by atoms with Crippen molar-refractivity contribution in [2.75, 3.05) is 17.3 Å². The molecule has 1 unspecified atom stereocenters. The summed E-state index contributed by atoms with van der Waals surface area (Å²) in [6.07, 6.45) is 2.05. The molecule has 2 aromatic carbocycles. The van der Waals surface area contributed by atoms with Crippen LogP contribution < -0.4 is 5.32 Å². The number of halogens is 1. The minimum absolute atomic E-state index is 0.0353. The van der Waals surface area contributed by atoms with Crippen LogP contribution >= 0.6 is 23.4 Å². The van der Waals surface area contributed by atoms with Gasteiger partial charge in [-0.05, 0) is 48.5 Å².